The van der Waals surface area contributed by atoms with Crippen molar-refractivity contribution >= 4 is 11.6 Å². The SMILES string of the molecule is CC1(OCC(=O)N2CCCc3ccccc32)CNC1. The Morgan fingerprint density at radius 3 is 2.95 bits per heavy atom. The molecule has 1 aromatic carbocycles. The van der Waals surface area contributed by atoms with Crippen LogP contribution in [0.25, 0.3) is 0 Å². The molecule has 3 rings (SSSR count). The molecule has 2 aliphatic heterocycles. The number of carbonyl (C=O) groups is 1. The molecule has 0 spiro atoms. The van der Waals surface area contributed by atoms with E-state index < -0.39 is 0 Å². The Bertz CT molecular complexity index is 483. The predicted molar refractivity (Wildman–Crippen MR) is 74.3 cm³/mol. The summed E-state index contributed by atoms with van der Waals surface area (Å²) < 4.78 is 5.74. The Labute approximate surface area is 113 Å². The molecule has 102 valence electrons. The number of hydrogen-bond acceptors (Lipinski definition) is 3. The van der Waals surface area contributed by atoms with E-state index in [0.717, 1.165) is 38.2 Å². The minimum absolute atomic E-state index is 0.0697. The zero-order valence-electron chi connectivity index (χ0n) is 11.3. The predicted octanol–water partition coefficient (Wildman–Crippen LogP) is 1.34. The van der Waals surface area contributed by atoms with Gasteiger partial charge < -0.3 is 15.0 Å². The van der Waals surface area contributed by atoms with E-state index in [1.807, 2.05) is 30.0 Å². The van der Waals surface area contributed by atoms with Crippen LogP contribution in [0.5, 0.6) is 0 Å². The highest BCUT2D eigenvalue weighted by Gasteiger charge is 2.34. The van der Waals surface area contributed by atoms with Gasteiger partial charge in [0, 0.05) is 25.3 Å². The summed E-state index contributed by atoms with van der Waals surface area (Å²) in [6, 6.07) is 8.15. The molecule has 0 atom stereocenters. The first-order chi connectivity index (χ1) is 9.18. The van der Waals surface area contributed by atoms with Gasteiger partial charge in [0.15, 0.2) is 0 Å². The number of para-hydroxylation sites is 1. The van der Waals surface area contributed by atoms with Gasteiger partial charge in [-0.25, -0.2) is 0 Å². The van der Waals surface area contributed by atoms with E-state index in [1.165, 1.54) is 5.56 Å². The van der Waals surface area contributed by atoms with Crippen molar-refractivity contribution in [3.8, 4) is 0 Å². The second-order valence-corrected chi connectivity index (χ2v) is 5.62. The first-order valence-electron chi connectivity index (χ1n) is 6.91. The smallest absolute Gasteiger partial charge is 0.253 e. The lowest BCUT2D eigenvalue weighted by molar-refractivity contribution is -0.133. The molecule has 0 aromatic heterocycles. The summed E-state index contributed by atoms with van der Waals surface area (Å²) in [4.78, 5) is 14.2. The van der Waals surface area contributed by atoms with Crippen molar-refractivity contribution in [1.82, 2.24) is 5.32 Å². The summed E-state index contributed by atoms with van der Waals surface area (Å²) in [6.07, 6.45) is 2.09. The monoisotopic (exact) mass is 260 g/mol. The van der Waals surface area contributed by atoms with Gasteiger partial charge in [-0.1, -0.05) is 18.2 Å². The van der Waals surface area contributed by atoms with Crippen LogP contribution in [0.3, 0.4) is 0 Å². The Hall–Kier alpha value is -1.39. The van der Waals surface area contributed by atoms with Gasteiger partial charge in [0.1, 0.15) is 6.61 Å². The van der Waals surface area contributed by atoms with Gasteiger partial charge >= 0.3 is 0 Å². The van der Waals surface area contributed by atoms with Crippen LogP contribution >= 0.6 is 0 Å². The summed E-state index contributed by atoms with van der Waals surface area (Å²) in [7, 11) is 0. The molecule has 19 heavy (non-hydrogen) atoms. The van der Waals surface area contributed by atoms with Crippen molar-refractivity contribution in [2.45, 2.75) is 25.4 Å². The van der Waals surface area contributed by atoms with Crippen LogP contribution in [-0.4, -0.2) is 37.7 Å². The molecule has 0 bridgehead atoms. The molecule has 2 heterocycles. The third kappa shape index (κ3) is 2.51. The Balaban J connectivity index is 1.67. The van der Waals surface area contributed by atoms with Crippen LogP contribution in [0.4, 0.5) is 5.69 Å². The van der Waals surface area contributed by atoms with E-state index >= 15 is 0 Å². The fourth-order valence-electron chi connectivity index (χ4n) is 2.69. The minimum atomic E-state index is -0.162. The molecular formula is C15H20N2O2. The fourth-order valence-corrected chi connectivity index (χ4v) is 2.69. The van der Waals surface area contributed by atoms with Gasteiger partial charge in [-0.15, -0.1) is 0 Å². The van der Waals surface area contributed by atoms with Crippen LogP contribution < -0.4 is 10.2 Å². The van der Waals surface area contributed by atoms with Gasteiger partial charge in [0.25, 0.3) is 5.91 Å². The maximum Gasteiger partial charge on any atom is 0.253 e. The Morgan fingerprint density at radius 2 is 2.21 bits per heavy atom. The molecule has 1 fully saturated rings. The lowest BCUT2D eigenvalue weighted by Gasteiger charge is -2.39. The van der Waals surface area contributed by atoms with E-state index in [4.69, 9.17) is 4.74 Å². The van der Waals surface area contributed by atoms with Crippen molar-refractivity contribution < 1.29 is 9.53 Å². The number of ether oxygens (including phenoxy) is 1. The van der Waals surface area contributed by atoms with Crippen molar-refractivity contribution in [1.29, 1.82) is 0 Å². The standard InChI is InChI=1S/C15H20N2O2/c1-15(10-16-11-15)19-9-14(18)17-8-4-6-12-5-2-3-7-13(12)17/h2-3,5,7,16H,4,6,8-11H2,1H3. The fraction of sp³-hybridized carbons (Fsp3) is 0.533. The zero-order valence-corrected chi connectivity index (χ0v) is 11.3. The highest BCUT2D eigenvalue weighted by atomic mass is 16.5. The summed E-state index contributed by atoms with van der Waals surface area (Å²) >= 11 is 0. The third-order valence-corrected chi connectivity index (χ3v) is 3.95. The summed E-state index contributed by atoms with van der Waals surface area (Å²) in [5.41, 5.74) is 2.16. The molecule has 4 nitrogen and oxygen atoms in total. The van der Waals surface area contributed by atoms with Gasteiger partial charge in [-0.05, 0) is 31.4 Å². The van der Waals surface area contributed by atoms with Crippen molar-refractivity contribution in [3.05, 3.63) is 29.8 Å². The molecular weight excluding hydrogens is 240 g/mol. The normalized spacial score (nSPS) is 20.6. The molecule has 2 aliphatic rings. The van der Waals surface area contributed by atoms with Gasteiger partial charge in [0.2, 0.25) is 0 Å². The van der Waals surface area contributed by atoms with Crippen LogP contribution in [0.1, 0.15) is 18.9 Å². The number of nitrogens with one attached hydrogen (secondary N) is 1. The average Bonchev–Trinajstić information content (AvgIpc) is 2.42. The van der Waals surface area contributed by atoms with E-state index in [1.54, 1.807) is 0 Å². The molecule has 4 heteroatoms. The molecule has 0 unspecified atom stereocenters. The van der Waals surface area contributed by atoms with E-state index in [2.05, 4.69) is 11.4 Å². The summed E-state index contributed by atoms with van der Waals surface area (Å²) in [5, 5.41) is 3.17. The van der Waals surface area contributed by atoms with Crippen LogP contribution in [0.15, 0.2) is 24.3 Å². The number of benzene rings is 1. The molecule has 0 aliphatic carbocycles. The average molecular weight is 260 g/mol. The summed E-state index contributed by atoms with van der Waals surface area (Å²) in [6.45, 7) is 4.68. The number of hydrogen-bond donors (Lipinski definition) is 1. The molecule has 1 amide bonds. The van der Waals surface area contributed by atoms with Crippen molar-refractivity contribution in [2.24, 2.45) is 0 Å². The van der Waals surface area contributed by atoms with Crippen LogP contribution in [-0.2, 0) is 16.0 Å². The molecule has 1 N–H and O–H groups in total. The minimum Gasteiger partial charge on any atom is -0.363 e. The first-order valence-corrected chi connectivity index (χ1v) is 6.91. The van der Waals surface area contributed by atoms with E-state index in [9.17, 15) is 4.79 Å². The van der Waals surface area contributed by atoms with E-state index in [-0.39, 0.29) is 18.1 Å². The second kappa shape index (κ2) is 4.94. The number of aryl methyl sites for hydroxylation is 1. The Kier molecular flexibility index (Phi) is 3.29. The van der Waals surface area contributed by atoms with Gasteiger partial charge in [-0.2, -0.15) is 0 Å². The number of fused-ring (bicyclic) bond motifs is 1. The number of rotatable bonds is 3. The lowest BCUT2D eigenvalue weighted by atomic mass is 10.00. The van der Waals surface area contributed by atoms with E-state index in [0.29, 0.717) is 0 Å². The quantitative estimate of drug-likeness (QED) is 0.892. The molecule has 1 aromatic rings. The van der Waals surface area contributed by atoms with Crippen molar-refractivity contribution in [2.75, 3.05) is 31.1 Å². The third-order valence-electron chi connectivity index (χ3n) is 3.95. The van der Waals surface area contributed by atoms with Crippen LogP contribution in [0, 0.1) is 0 Å². The maximum atomic E-state index is 12.3. The number of amides is 1. The Morgan fingerprint density at radius 1 is 1.42 bits per heavy atom. The number of anilines is 1. The highest BCUT2D eigenvalue weighted by molar-refractivity contribution is 5.95. The molecule has 0 radical (unpaired) electrons. The van der Waals surface area contributed by atoms with Crippen LogP contribution in [0.2, 0.25) is 0 Å². The molecule has 1 saturated heterocycles. The second-order valence-electron chi connectivity index (χ2n) is 5.62. The van der Waals surface area contributed by atoms with Gasteiger partial charge in [0.05, 0.1) is 5.60 Å². The molecule has 0 saturated carbocycles. The highest BCUT2D eigenvalue weighted by Crippen LogP contribution is 2.27. The van der Waals surface area contributed by atoms with Crippen molar-refractivity contribution in [3.63, 3.8) is 0 Å². The first kappa shape index (κ1) is 12.6. The number of carbonyl (C=O) groups excluding carboxylic acids is 1. The maximum absolute atomic E-state index is 12.3. The zero-order chi connectivity index (χ0) is 13.3. The number of nitrogens with zero attached hydrogens (tertiary/aromatic N) is 1. The summed E-state index contributed by atoms with van der Waals surface area (Å²) in [5.74, 6) is 0.0697. The lowest BCUT2D eigenvalue weighted by Crippen LogP contribution is -2.59. The van der Waals surface area contributed by atoms with Gasteiger partial charge in [-0.3, -0.25) is 4.79 Å². The largest absolute Gasteiger partial charge is 0.363 e. The topological polar surface area (TPSA) is 41.6 Å².